The first-order valence-corrected chi connectivity index (χ1v) is 22.4. The van der Waals surface area contributed by atoms with Crippen LogP contribution in [-0.2, 0) is 0 Å². The Balaban J connectivity index is 1.06. The van der Waals surface area contributed by atoms with Gasteiger partial charge in [0.2, 0.25) is 0 Å². The minimum absolute atomic E-state index is 0.312. The maximum Gasteiger partial charge on any atom is 0.159 e. The second kappa shape index (κ2) is 18.2. The molecule has 1 aliphatic rings. The molecule has 312 valence electrons. The lowest BCUT2D eigenvalue weighted by atomic mass is 9.82. The second-order valence-electron chi connectivity index (χ2n) is 16.3. The second-order valence-corrected chi connectivity index (χ2v) is 16.3. The van der Waals surface area contributed by atoms with Gasteiger partial charge in [-0.3, -0.25) is 0 Å². The number of hydrogen-bond acceptors (Lipinski definition) is 4. The normalized spacial score (nSPS) is 13.3. The van der Waals surface area contributed by atoms with Gasteiger partial charge in [-0.2, -0.15) is 0 Å². The molecule has 1 aromatic heterocycles. The average Bonchev–Trinajstić information content (AvgIpc) is 3.41. The largest absolute Gasteiger partial charge is 0.344 e. The van der Waals surface area contributed by atoms with Gasteiger partial charge in [0.15, 0.2) is 5.84 Å². The van der Waals surface area contributed by atoms with Crippen LogP contribution in [0.15, 0.2) is 265 Å². The smallest absolute Gasteiger partial charge is 0.159 e. The van der Waals surface area contributed by atoms with Gasteiger partial charge in [-0.15, -0.1) is 0 Å². The number of nitrogens with zero attached hydrogens (tertiary/aromatic N) is 3. The van der Waals surface area contributed by atoms with Crippen LogP contribution < -0.4 is 5.32 Å². The van der Waals surface area contributed by atoms with Crippen LogP contribution in [0.4, 0.5) is 0 Å². The van der Waals surface area contributed by atoms with Gasteiger partial charge in [0.05, 0.1) is 11.4 Å². The standard InChI is InChI=1S/C62H44N4/c1-7-22-44(23-8-1)53-36-19-20-37-54(53)62-65-60(49-32-17-6-18-33-49)64-61(66-62)50-40-38-43(39-41-50)51-34-21-35-52(42-51)55-56(45-24-9-2-10-25-45)58(47-28-13-4-14-29-47)63-59(48-30-15-5-16-31-48)57(55)46-26-11-3-12-27-46/h1-42,60H,(H,64,65,66). The third-order valence-electron chi connectivity index (χ3n) is 12.2. The summed E-state index contributed by atoms with van der Waals surface area (Å²) < 4.78 is 0. The molecule has 0 fully saturated rings. The SMILES string of the molecule is c1ccc(-c2ccccc2C2=NC(c3ccc(-c4cccc(-c5c(-c6ccccc6)c(-c6ccccc6)nc(-c6ccccc6)c5-c5ccccc5)c4)cc3)=NC(c3ccccc3)N2)cc1. The summed E-state index contributed by atoms with van der Waals surface area (Å²) in [6.07, 6.45) is -0.312. The topological polar surface area (TPSA) is 49.6 Å². The molecule has 11 rings (SSSR count). The maximum atomic E-state index is 5.63. The number of nitrogens with one attached hydrogen (secondary N) is 1. The Kier molecular flexibility index (Phi) is 11.0. The molecule has 0 spiro atoms. The number of aliphatic imine (C=N–C) groups is 2. The van der Waals surface area contributed by atoms with Gasteiger partial charge < -0.3 is 5.32 Å². The lowest BCUT2D eigenvalue weighted by molar-refractivity contribution is 0.674. The zero-order valence-electron chi connectivity index (χ0n) is 36.2. The van der Waals surface area contributed by atoms with E-state index in [9.17, 15) is 0 Å². The van der Waals surface area contributed by atoms with Crippen LogP contribution in [-0.4, -0.2) is 16.7 Å². The van der Waals surface area contributed by atoms with Crippen molar-refractivity contribution in [2.75, 3.05) is 0 Å². The van der Waals surface area contributed by atoms with E-state index in [1.807, 2.05) is 12.1 Å². The highest BCUT2D eigenvalue weighted by atomic mass is 15.2. The molecule has 0 saturated carbocycles. The van der Waals surface area contributed by atoms with E-state index in [-0.39, 0.29) is 6.17 Å². The molecule has 4 heteroatoms. The average molecular weight is 845 g/mol. The molecule has 10 aromatic rings. The van der Waals surface area contributed by atoms with Crippen molar-refractivity contribution in [3.63, 3.8) is 0 Å². The molecule has 1 atom stereocenters. The molecular weight excluding hydrogens is 801 g/mol. The molecule has 66 heavy (non-hydrogen) atoms. The summed E-state index contributed by atoms with van der Waals surface area (Å²) in [5.41, 5.74) is 18.1. The van der Waals surface area contributed by atoms with Gasteiger partial charge in [-0.1, -0.05) is 249 Å². The van der Waals surface area contributed by atoms with Crippen LogP contribution in [0.25, 0.3) is 78.1 Å². The molecule has 9 aromatic carbocycles. The molecule has 1 aliphatic heterocycles. The summed E-state index contributed by atoms with van der Waals surface area (Å²) in [6, 6.07) is 89.5. The molecule has 1 unspecified atom stereocenters. The van der Waals surface area contributed by atoms with Gasteiger partial charge >= 0.3 is 0 Å². The van der Waals surface area contributed by atoms with E-state index in [1.165, 1.54) is 0 Å². The van der Waals surface area contributed by atoms with Gasteiger partial charge in [0, 0.05) is 38.9 Å². The fourth-order valence-corrected chi connectivity index (χ4v) is 9.00. The molecule has 2 heterocycles. The number of benzene rings is 9. The fourth-order valence-electron chi connectivity index (χ4n) is 9.00. The van der Waals surface area contributed by atoms with Crippen molar-refractivity contribution in [2.24, 2.45) is 9.98 Å². The Bertz CT molecular complexity index is 3230. The van der Waals surface area contributed by atoms with Crippen molar-refractivity contribution in [3.05, 3.63) is 271 Å². The van der Waals surface area contributed by atoms with Crippen LogP contribution in [0.3, 0.4) is 0 Å². The minimum atomic E-state index is -0.312. The van der Waals surface area contributed by atoms with E-state index in [0.717, 1.165) is 101 Å². The van der Waals surface area contributed by atoms with Crippen molar-refractivity contribution < 1.29 is 0 Å². The lowest BCUT2D eigenvalue weighted by Crippen LogP contribution is -2.33. The molecule has 1 N–H and O–H groups in total. The Morgan fingerprint density at radius 3 is 1.27 bits per heavy atom. The van der Waals surface area contributed by atoms with E-state index in [0.29, 0.717) is 5.84 Å². The Labute approximate surface area is 386 Å². The first-order valence-electron chi connectivity index (χ1n) is 22.4. The fraction of sp³-hybridized carbons (Fsp3) is 0.0161. The molecule has 0 saturated heterocycles. The van der Waals surface area contributed by atoms with Crippen molar-refractivity contribution in [2.45, 2.75) is 6.17 Å². The highest BCUT2D eigenvalue weighted by Gasteiger charge is 2.26. The van der Waals surface area contributed by atoms with Crippen LogP contribution in [0, 0.1) is 0 Å². The van der Waals surface area contributed by atoms with E-state index in [1.54, 1.807) is 0 Å². The highest BCUT2D eigenvalue weighted by Crippen LogP contribution is 2.49. The Morgan fingerprint density at radius 2 is 0.727 bits per heavy atom. The number of rotatable bonds is 10. The van der Waals surface area contributed by atoms with E-state index < -0.39 is 0 Å². The van der Waals surface area contributed by atoms with Gasteiger partial charge in [-0.25, -0.2) is 15.0 Å². The first kappa shape index (κ1) is 40.1. The summed E-state index contributed by atoms with van der Waals surface area (Å²) >= 11 is 0. The van der Waals surface area contributed by atoms with Crippen LogP contribution in [0.2, 0.25) is 0 Å². The van der Waals surface area contributed by atoms with E-state index in [4.69, 9.17) is 15.0 Å². The van der Waals surface area contributed by atoms with Gasteiger partial charge in [-0.05, 0) is 50.6 Å². The Hall–Kier alpha value is -8.73. The Morgan fingerprint density at radius 1 is 0.303 bits per heavy atom. The predicted molar refractivity (Wildman–Crippen MR) is 274 cm³/mol. The number of aromatic nitrogens is 1. The monoisotopic (exact) mass is 844 g/mol. The third kappa shape index (κ3) is 8.04. The number of pyridine rings is 1. The van der Waals surface area contributed by atoms with Crippen LogP contribution in [0.1, 0.15) is 22.9 Å². The van der Waals surface area contributed by atoms with Gasteiger partial charge in [0.25, 0.3) is 0 Å². The lowest BCUT2D eigenvalue weighted by Gasteiger charge is -2.25. The van der Waals surface area contributed by atoms with Crippen molar-refractivity contribution in [1.29, 1.82) is 0 Å². The molecule has 0 bridgehead atoms. The number of amidine groups is 2. The molecule has 0 aliphatic carbocycles. The quantitative estimate of drug-likeness (QED) is 0.149. The summed E-state index contributed by atoms with van der Waals surface area (Å²) in [4.78, 5) is 16.1. The van der Waals surface area contributed by atoms with E-state index >= 15 is 0 Å². The van der Waals surface area contributed by atoms with Crippen molar-refractivity contribution in [3.8, 4) is 78.1 Å². The third-order valence-corrected chi connectivity index (χ3v) is 12.2. The van der Waals surface area contributed by atoms with Crippen molar-refractivity contribution >= 4 is 11.7 Å². The molecule has 0 amide bonds. The molecule has 4 nitrogen and oxygen atoms in total. The summed E-state index contributed by atoms with van der Waals surface area (Å²) in [7, 11) is 0. The summed E-state index contributed by atoms with van der Waals surface area (Å²) in [6.45, 7) is 0. The number of hydrogen-bond donors (Lipinski definition) is 1. The molecule has 0 radical (unpaired) electrons. The summed E-state index contributed by atoms with van der Waals surface area (Å²) in [5.74, 6) is 1.47. The van der Waals surface area contributed by atoms with Crippen LogP contribution >= 0.6 is 0 Å². The first-order chi connectivity index (χ1) is 32.7. The van der Waals surface area contributed by atoms with Crippen molar-refractivity contribution in [1.82, 2.24) is 10.3 Å². The maximum absolute atomic E-state index is 5.63. The minimum Gasteiger partial charge on any atom is -0.344 e. The zero-order valence-corrected chi connectivity index (χ0v) is 36.2. The van der Waals surface area contributed by atoms with E-state index in [2.05, 4.69) is 248 Å². The molecular formula is C62H44N4. The summed E-state index contributed by atoms with van der Waals surface area (Å²) in [5, 5.41) is 3.67. The zero-order chi connectivity index (χ0) is 44.1. The highest BCUT2D eigenvalue weighted by molar-refractivity contribution is 6.15. The predicted octanol–water partition coefficient (Wildman–Crippen LogP) is 15.2. The van der Waals surface area contributed by atoms with Gasteiger partial charge in [0.1, 0.15) is 12.0 Å². The van der Waals surface area contributed by atoms with Crippen LogP contribution in [0.5, 0.6) is 0 Å².